The first-order chi connectivity index (χ1) is 12.6. The van der Waals surface area contributed by atoms with Crippen LogP contribution in [0.3, 0.4) is 0 Å². The minimum atomic E-state index is -3.32. The van der Waals surface area contributed by atoms with Crippen LogP contribution in [0.1, 0.15) is 29.5 Å². The van der Waals surface area contributed by atoms with Crippen molar-refractivity contribution in [1.29, 1.82) is 0 Å². The lowest BCUT2D eigenvalue weighted by molar-refractivity contribution is 0.357. The molecular formula is C20H24N2O3S. The molecule has 0 bridgehead atoms. The smallest absolute Gasteiger partial charge is 0.243 e. The third kappa shape index (κ3) is 3.63. The van der Waals surface area contributed by atoms with Gasteiger partial charge in [0.15, 0.2) is 0 Å². The molecule has 1 saturated heterocycles. The maximum Gasteiger partial charge on any atom is 0.243 e. The van der Waals surface area contributed by atoms with Crippen LogP contribution < -0.4 is 10.1 Å². The summed E-state index contributed by atoms with van der Waals surface area (Å²) in [5, 5.41) is 3.42. The van der Waals surface area contributed by atoms with Crippen LogP contribution in [0, 0.1) is 0 Å². The van der Waals surface area contributed by atoms with Gasteiger partial charge in [0.25, 0.3) is 0 Å². The molecule has 26 heavy (non-hydrogen) atoms. The zero-order chi connectivity index (χ0) is 18.0. The van der Waals surface area contributed by atoms with Gasteiger partial charge >= 0.3 is 0 Å². The Bertz CT molecular complexity index is 872. The second-order valence-electron chi connectivity index (χ2n) is 6.90. The molecule has 6 heteroatoms. The molecule has 0 aliphatic carbocycles. The van der Waals surface area contributed by atoms with E-state index in [1.807, 2.05) is 18.2 Å². The molecule has 0 saturated carbocycles. The van der Waals surface area contributed by atoms with Gasteiger partial charge in [0.2, 0.25) is 10.0 Å². The number of nitrogens with one attached hydrogen (secondary N) is 1. The van der Waals surface area contributed by atoms with Gasteiger partial charge < -0.3 is 10.1 Å². The van der Waals surface area contributed by atoms with Crippen molar-refractivity contribution in [3.8, 4) is 5.75 Å². The lowest BCUT2D eigenvalue weighted by atomic mass is 10.1. The molecule has 2 aliphatic rings. The van der Waals surface area contributed by atoms with Crippen LogP contribution in [0.2, 0.25) is 0 Å². The number of ether oxygens (including phenoxy) is 1. The molecule has 0 radical (unpaired) electrons. The topological polar surface area (TPSA) is 58.6 Å². The van der Waals surface area contributed by atoms with Crippen molar-refractivity contribution >= 4 is 10.0 Å². The predicted octanol–water partition coefficient (Wildman–Crippen LogP) is 2.70. The largest absolute Gasteiger partial charge is 0.493 e. The number of benzene rings is 2. The molecule has 0 unspecified atom stereocenters. The first-order valence-corrected chi connectivity index (χ1v) is 10.6. The van der Waals surface area contributed by atoms with Crippen molar-refractivity contribution in [2.75, 3.05) is 19.7 Å². The van der Waals surface area contributed by atoms with Crippen molar-refractivity contribution in [2.45, 2.75) is 37.2 Å². The second kappa shape index (κ2) is 7.39. The fourth-order valence-corrected chi connectivity index (χ4v) is 5.07. The molecule has 1 N–H and O–H groups in total. The van der Waals surface area contributed by atoms with E-state index in [9.17, 15) is 8.42 Å². The van der Waals surface area contributed by atoms with Gasteiger partial charge in [0, 0.05) is 32.6 Å². The normalized spacial score (nSPS) is 17.2. The zero-order valence-electron chi connectivity index (χ0n) is 14.8. The number of sulfonamides is 1. The highest BCUT2D eigenvalue weighted by atomic mass is 32.2. The summed E-state index contributed by atoms with van der Waals surface area (Å²) >= 11 is 0. The van der Waals surface area contributed by atoms with Crippen LogP contribution in [-0.2, 0) is 29.5 Å². The van der Waals surface area contributed by atoms with Crippen LogP contribution in [0.25, 0.3) is 0 Å². The summed E-state index contributed by atoms with van der Waals surface area (Å²) in [6, 6.07) is 13.6. The Morgan fingerprint density at radius 2 is 1.65 bits per heavy atom. The average Bonchev–Trinajstić information content (AvgIpc) is 3.34. The quantitative estimate of drug-likeness (QED) is 0.847. The van der Waals surface area contributed by atoms with Crippen molar-refractivity contribution < 1.29 is 13.2 Å². The lowest BCUT2D eigenvalue weighted by Crippen LogP contribution is -2.27. The van der Waals surface area contributed by atoms with Crippen molar-refractivity contribution in [2.24, 2.45) is 0 Å². The molecule has 0 amide bonds. The molecule has 0 atom stereocenters. The van der Waals surface area contributed by atoms with E-state index >= 15 is 0 Å². The molecule has 2 aromatic rings. The first-order valence-electron chi connectivity index (χ1n) is 9.17. The minimum Gasteiger partial charge on any atom is -0.493 e. The van der Waals surface area contributed by atoms with E-state index < -0.39 is 10.0 Å². The zero-order valence-corrected chi connectivity index (χ0v) is 15.6. The Labute approximate surface area is 155 Å². The Morgan fingerprint density at radius 1 is 0.962 bits per heavy atom. The molecule has 1 fully saturated rings. The molecular weight excluding hydrogens is 348 g/mol. The Kier molecular flexibility index (Phi) is 4.98. The summed E-state index contributed by atoms with van der Waals surface area (Å²) in [7, 11) is -3.32. The maximum absolute atomic E-state index is 12.5. The summed E-state index contributed by atoms with van der Waals surface area (Å²) < 4.78 is 32.2. The highest BCUT2D eigenvalue weighted by Crippen LogP contribution is 2.26. The van der Waals surface area contributed by atoms with Crippen molar-refractivity contribution in [3.63, 3.8) is 0 Å². The summed E-state index contributed by atoms with van der Waals surface area (Å²) in [4.78, 5) is 0.391. The van der Waals surface area contributed by atoms with Gasteiger partial charge in [-0.2, -0.15) is 4.31 Å². The van der Waals surface area contributed by atoms with E-state index in [2.05, 4.69) is 17.4 Å². The number of rotatable bonds is 6. The Balaban J connectivity index is 1.34. The van der Waals surface area contributed by atoms with Gasteiger partial charge in [-0.1, -0.05) is 24.3 Å². The van der Waals surface area contributed by atoms with Gasteiger partial charge in [-0.15, -0.1) is 0 Å². The van der Waals surface area contributed by atoms with Crippen LogP contribution in [0.5, 0.6) is 5.75 Å². The fourth-order valence-electron chi connectivity index (χ4n) is 3.56. The van der Waals surface area contributed by atoms with Gasteiger partial charge in [-0.3, -0.25) is 0 Å². The molecule has 138 valence electrons. The van der Waals surface area contributed by atoms with Crippen molar-refractivity contribution in [3.05, 3.63) is 59.2 Å². The highest BCUT2D eigenvalue weighted by molar-refractivity contribution is 7.89. The number of hydrogen-bond donors (Lipinski definition) is 1. The maximum atomic E-state index is 12.5. The molecule has 0 aromatic heterocycles. The highest BCUT2D eigenvalue weighted by Gasteiger charge is 2.26. The summed E-state index contributed by atoms with van der Waals surface area (Å²) in [5.41, 5.74) is 3.60. The van der Waals surface area contributed by atoms with Gasteiger partial charge in [-0.05, 0) is 47.7 Å². The Morgan fingerprint density at radius 3 is 2.42 bits per heavy atom. The fraction of sp³-hybridized carbons (Fsp3) is 0.400. The monoisotopic (exact) mass is 372 g/mol. The first kappa shape index (κ1) is 17.5. The molecule has 2 aromatic carbocycles. The molecule has 4 rings (SSSR count). The molecule has 2 aliphatic heterocycles. The van der Waals surface area contributed by atoms with Gasteiger partial charge in [0.1, 0.15) is 5.75 Å². The van der Waals surface area contributed by atoms with Crippen LogP contribution in [-0.4, -0.2) is 32.4 Å². The standard InChI is InChI=1S/C20H24N2O3S/c23-26(24,22-10-1-2-11-22)19-6-3-16(4-7-19)14-21-15-17-5-8-20-18(13-17)9-12-25-20/h3-8,13,21H,1-2,9-12,14-15H2. The van der Waals surface area contributed by atoms with E-state index in [4.69, 9.17) is 4.74 Å². The van der Waals surface area contributed by atoms with Crippen LogP contribution in [0.15, 0.2) is 47.4 Å². The summed E-state index contributed by atoms with van der Waals surface area (Å²) in [6.45, 7) is 3.53. The van der Waals surface area contributed by atoms with Crippen LogP contribution >= 0.6 is 0 Å². The third-order valence-electron chi connectivity index (χ3n) is 5.04. The average molecular weight is 372 g/mol. The minimum absolute atomic E-state index is 0.391. The SMILES string of the molecule is O=S(=O)(c1ccc(CNCc2ccc3c(c2)CCO3)cc1)N1CCCC1. The van der Waals surface area contributed by atoms with E-state index in [1.165, 1.54) is 11.1 Å². The molecule has 0 spiro atoms. The summed E-state index contributed by atoms with van der Waals surface area (Å²) in [6.07, 6.45) is 2.89. The molecule has 2 heterocycles. The number of fused-ring (bicyclic) bond motifs is 1. The van der Waals surface area contributed by atoms with Crippen LogP contribution in [0.4, 0.5) is 0 Å². The summed E-state index contributed by atoms with van der Waals surface area (Å²) in [5.74, 6) is 1.00. The van der Waals surface area contributed by atoms with Gasteiger partial charge in [-0.25, -0.2) is 8.42 Å². The van der Waals surface area contributed by atoms with Crippen molar-refractivity contribution in [1.82, 2.24) is 9.62 Å². The third-order valence-corrected chi connectivity index (χ3v) is 6.95. The number of nitrogens with zero attached hydrogens (tertiary/aromatic N) is 1. The predicted molar refractivity (Wildman–Crippen MR) is 101 cm³/mol. The van der Waals surface area contributed by atoms with E-state index in [-0.39, 0.29) is 0 Å². The van der Waals surface area contributed by atoms with E-state index in [0.29, 0.717) is 24.5 Å². The lowest BCUT2D eigenvalue weighted by Gasteiger charge is -2.15. The second-order valence-corrected chi connectivity index (χ2v) is 8.84. The van der Waals surface area contributed by atoms with Gasteiger partial charge in [0.05, 0.1) is 11.5 Å². The van der Waals surface area contributed by atoms with E-state index in [0.717, 1.165) is 43.7 Å². The molecule has 5 nitrogen and oxygen atoms in total. The number of hydrogen-bond acceptors (Lipinski definition) is 4. The Hall–Kier alpha value is -1.89. The van der Waals surface area contributed by atoms with E-state index in [1.54, 1.807) is 16.4 Å².